The van der Waals surface area contributed by atoms with Crippen LogP contribution in [0.3, 0.4) is 0 Å². The molecule has 21 heavy (non-hydrogen) atoms. The van der Waals surface area contributed by atoms with E-state index in [0.717, 1.165) is 5.56 Å². The summed E-state index contributed by atoms with van der Waals surface area (Å²) in [5.74, 6) is 0.0215. The molecule has 0 bridgehead atoms. The topological polar surface area (TPSA) is 99.8 Å². The second kappa shape index (κ2) is 5.09. The highest BCUT2D eigenvalue weighted by Crippen LogP contribution is 2.19. The second-order valence-electron chi connectivity index (χ2n) is 4.52. The number of nitrogens with two attached hydrogens (primary N) is 2. The summed E-state index contributed by atoms with van der Waals surface area (Å²) in [5, 5.41) is 4.38. The molecule has 0 spiro atoms. The zero-order valence-electron chi connectivity index (χ0n) is 11.1. The molecule has 6 nitrogen and oxygen atoms in total. The van der Waals surface area contributed by atoms with E-state index in [0.29, 0.717) is 22.8 Å². The Labute approximate surface area is 121 Å². The lowest BCUT2D eigenvalue weighted by atomic mass is 10.2. The molecular formula is C15H13N5O. The van der Waals surface area contributed by atoms with Gasteiger partial charge in [-0.15, -0.1) is 5.10 Å². The first-order valence-electron chi connectivity index (χ1n) is 6.32. The molecule has 0 saturated heterocycles. The predicted molar refractivity (Wildman–Crippen MR) is 79.7 cm³/mol. The van der Waals surface area contributed by atoms with Crippen molar-refractivity contribution in [2.45, 2.75) is 0 Å². The normalized spacial score (nSPS) is 10.5. The van der Waals surface area contributed by atoms with Crippen molar-refractivity contribution >= 4 is 11.6 Å². The number of carbonyl (C=O) groups is 1. The number of benzene rings is 2. The van der Waals surface area contributed by atoms with E-state index in [4.69, 9.17) is 11.5 Å². The number of para-hydroxylation sites is 1. The van der Waals surface area contributed by atoms with Gasteiger partial charge in [-0.1, -0.05) is 24.3 Å². The summed E-state index contributed by atoms with van der Waals surface area (Å²) in [5.41, 5.74) is 13.6. The van der Waals surface area contributed by atoms with Gasteiger partial charge in [0.05, 0.1) is 11.3 Å². The third-order valence-electron chi connectivity index (χ3n) is 3.05. The minimum absolute atomic E-state index is 0.390. The van der Waals surface area contributed by atoms with E-state index in [1.54, 1.807) is 36.7 Å². The molecule has 0 aliphatic rings. The average Bonchev–Trinajstić information content (AvgIpc) is 2.97. The molecule has 1 heterocycles. The Morgan fingerprint density at radius 3 is 2.67 bits per heavy atom. The van der Waals surface area contributed by atoms with Crippen LogP contribution in [0.25, 0.3) is 17.1 Å². The summed E-state index contributed by atoms with van der Waals surface area (Å²) in [7, 11) is 0. The fourth-order valence-corrected chi connectivity index (χ4v) is 2.07. The Balaban J connectivity index is 2.05. The van der Waals surface area contributed by atoms with Crippen LogP contribution in [0.5, 0.6) is 0 Å². The standard InChI is InChI=1S/C15H13N5O/c16-11-5-3-4-10(8-11)15-18-9-20(19-15)13-7-2-1-6-12(13)14(17)21/h1-9H,16H2,(H2,17,21). The van der Waals surface area contributed by atoms with E-state index in [9.17, 15) is 4.79 Å². The summed E-state index contributed by atoms with van der Waals surface area (Å²) in [4.78, 5) is 15.7. The Morgan fingerprint density at radius 2 is 1.90 bits per heavy atom. The van der Waals surface area contributed by atoms with Gasteiger partial charge in [0.15, 0.2) is 5.82 Å². The van der Waals surface area contributed by atoms with Crippen LogP contribution < -0.4 is 11.5 Å². The van der Waals surface area contributed by atoms with Crippen LogP contribution in [0.2, 0.25) is 0 Å². The predicted octanol–water partition coefficient (Wildman–Crippen LogP) is 1.62. The van der Waals surface area contributed by atoms with Crippen molar-refractivity contribution in [3.05, 3.63) is 60.4 Å². The number of hydrogen-bond acceptors (Lipinski definition) is 4. The maximum Gasteiger partial charge on any atom is 0.250 e. The first kappa shape index (κ1) is 12.9. The number of anilines is 1. The summed E-state index contributed by atoms with van der Waals surface area (Å²) in [6.07, 6.45) is 1.54. The summed E-state index contributed by atoms with van der Waals surface area (Å²) in [6.45, 7) is 0. The SMILES string of the molecule is NC(=O)c1ccccc1-n1cnc(-c2cccc(N)c2)n1. The lowest BCUT2D eigenvalue weighted by molar-refractivity contribution is 0.1000. The summed E-state index contributed by atoms with van der Waals surface area (Å²) >= 11 is 0. The van der Waals surface area contributed by atoms with Gasteiger partial charge in [0.1, 0.15) is 6.33 Å². The lowest BCUT2D eigenvalue weighted by Crippen LogP contribution is -2.14. The van der Waals surface area contributed by atoms with Gasteiger partial charge in [0, 0.05) is 11.3 Å². The number of amides is 1. The third kappa shape index (κ3) is 2.46. The van der Waals surface area contributed by atoms with E-state index >= 15 is 0 Å². The average molecular weight is 279 g/mol. The monoisotopic (exact) mass is 279 g/mol. The van der Waals surface area contributed by atoms with Gasteiger partial charge in [-0.05, 0) is 24.3 Å². The van der Waals surface area contributed by atoms with E-state index in [1.165, 1.54) is 4.68 Å². The molecule has 0 aliphatic heterocycles. The number of nitrogen functional groups attached to an aromatic ring is 1. The fourth-order valence-electron chi connectivity index (χ4n) is 2.07. The van der Waals surface area contributed by atoms with Gasteiger partial charge in [0.25, 0.3) is 5.91 Å². The molecule has 0 saturated carbocycles. The largest absolute Gasteiger partial charge is 0.399 e. The molecule has 1 amide bonds. The minimum Gasteiger partial charge on any atom is -0.399 e. The molecule has 1 aromatic heterocycles. The van der Waals surface area contributed by atoms with E-state index in [2.05, 4.69) is 10.1 Å². The molecule has 0 atom stereocenters. The van der Waals surface area contributed by atoms with Gasteiger partial charge in [-0.3, -0.25) is 4.79 Å². The second-order valence-corrected chi connectivity index (χ2v) is 4.52. The van der Waals surface area contributed by atoms with Gasteiger partial charge in [0.2, 0.25) is 0 Å². The van der Waals surface area contributed by atoms with Crippen LogP contribution in [0.4, 0.5) is 5.69 Å². The molecule has 0 unspecified atom stereocenters. The van der Waals surface area contributed by atoms with Crippen LogP contribution in [0.15, 0.2) is 54.9 Å². The smallest absolute Gasteiger partial charge is 0.250 e. The van der Waals surface area contributed by atoms with E-state index < -0.39 is 5.91 Å². The molecule has 3 rings (SSSR count). The molecule has 104 valence electrons. The van der Waals surface area contributed by atoms with Crippen LogP contribution in [-0.2, 0) is 0 Å². The Kier molecular flexibility index (Phi) is 3.12. The molecule has 0 fully saturated rings. The third-order valence-corrected chi connectivity index (χ3v) is 3.05. The Hall–Kier alpha value is -3.15. The first-order valence-corrected chi connectivity index (χ1v) is 6.32. The quantitative estimate of drug-likeness (QED) is 0.711. The molecule has 3 aromatic rings. The number of carbonyl (C=O) groups excluding carboxylic acids is 1. The summed E-state index contributed by atoms with van der Waals surface area (Å²) in [6, 6.07) is 14.3. The molecule has 2 aromatic carbocycles. The first-order chi connectivity index (χ1) is 10.1. The highest BCUT2D eigenvalue weighted by atomic mass is 16.1. The van der Waals surface area contributed by atoms with Gasteiger partial charge < -0.3 is 11.5 Å². The number of nitrogens with zero attached hydrogens (tertiary/aromatic N) is 3. The molecule has 0 radical (unpaired) electrons. The van der Waals surface area contributed by atoms with E-state index in [-0.39, 0.29) is 0 Å². The Morgan fingerprint density at radius 1 is 1.10 bits per heavy atom. The molecule has 6 heteroatoms. The van der Waals surface area contributed by atoms with E-state index in [1.807, 2.05) is 18.2 Å². The number of aromatic nitrogens is 3. The van der Waals surface area contributed by atoms with Crippen LogP contribution in [0, 0.1) is 0 Å². The van der Waals surface area contributed by atoms with Gasteiger partial charge >= 0.3 is 0 Å². The molecule has 0 aliphatic carbocycles. The highest BCUT2D eigenvalue weighted by molar-refractivity contribution is 5.96. The minimum atomic E-state index is -0.508. The summed E-state index contributed by atoms with van der Waals surface area (Å²) < 4.78 is 1.53. The van der Waals surface area contributed by atoms with Crippen molar-refractivity contribution in [3.8, 4) is 17.1 Å². The van der Waals surface area contributed by atoms with Gasteiger partial charge in [-0.25, -0.2) is 9.67 Å². The maximum absolute atomic E-state index is 11.5. The van der Waals surface area contributed by atoms with Crippen LogP contribution in [0.1, 0.15) is 10.4 Å². The van der Waals surface area contributed by atoms with Crippen molar-refractivity contribution in [2.75, 3.05) is 5.73 Å². The zero-order chi connectivity index (χ0) is 14.8. The number of primary amides is 1. The van der Waals surface area contributed by atoms with Crippen molar-refractivity contribution in [1.82, 2.24) is 14.8 Å². The zero-order valence-corrected chi connectivity index (χ0v) is 11.1. The van der Waals surface area contributed by atoms with Crippen LogP contribution >= 0.6 is 0 Å². The van der Waals surface area contributed by atoms with Gasteiger partial charge in [-0.2, -0.15) is 0 Å². The number of hydrogen-bond donors (Lipinski definition) is 2. The Bertz CT molecular complexity index is 809. The van der Waals surface area contributed by atoms with Crippen molar-refractivity contribution in [1.29, 1.82) is 0 Å². The lowest BCUT2D eigenvalue weighted by Gasteiger charge is -2.05. The molecule has 4 N–H and O–H groups in total. The fraction of sp³-hybridized carbons (Fsp3) is 0. The van der Waals surface area contributed by atoms with Crippen molar-refractivity contribution < 1.29 is 4.79 Å². The number of rotatable bonds is 3. The highest BCUT2D eigenvalue weighted by Gasteiger charge is 2.11. The maximum atomic E-state index is 11.5. The molecular weight excluding hydrogens is 266 g/mol. The van der Waals surface area contributed by atoms with Crippen molar-refractivity contribution in [2.24, 2.45) is 5.73 Å². The van der Waals surface area contributed by atoms with Crippen LogP contribution in [-0.4, -0.2) is 20.7 Å². The van der Waals surface area contributed by atoms with Crippen molar-refractivity contribution in [3.63, 3.8) is 0 Å².